The van der Waals surface area contributed by atoms with E-state index in [1.54, 1.807) is 0 Å². The maximum atomic E-state index is 13.1. The number of nitrogens with zero attached hydrogens (tertiary/aromatic N) is 2. The fourth-order valence-corrected chi connectivity index (χ4v) is 5.90. The van der Waals surface area contributed by atoms with Crippen LogP contribution in [0.5, 0.6) is 0 Å². The predicted molar refractivity (Wildman–Crippen MR) is 229 cm³/mol. The molecule has 0 aromatic heterocycles. The minimum atomic E-state index is -0.210. The Kier molecular flexibility index (Phi) is 39.2. The second-order valence-corrected chi connectivity index (χ2v) is 14.0. The molecule has 0 heterocycles. The van der Waals surface area contributed by atoms with Crippen molar-refractivity contribution in [3.8, 4) is 0 Å². The number of allylic oxidation sites excluding steroid dienone is 2. The average Bonchev–Trinajstić information content (AvgIpc) is 3.17. The van der Waals surface area contributed by atoms with Gasteiger partial charge in [0.1, 0.15) is 0 Å². The van der Waals surface area contributed by atoms with Gasteiger partial charge in [-0.15, -0.1) is 0 Å². The molecule has 0 aliphatic heterocycles. The van der Waals surface area contributed by atoms with Crippen LogP contribution in [0.1, 0.15) is 90.9 Å². The molecule has 0 aromatic carbocycles. The Bertz CT molecular complexity index is 825. The van der Waals surface area contributed by atoms with Crippen LogP contribution in [0, 0.1) is 0 Å². The smallest absolute Gasteiger partial charge is 0.237 e. The standard InChI is InChI=1S/C40H86N12O2/c1-3-5-7-31-51(33-15-29-49-39(53)37(47-27-13-21-43)17-9-23-45-25-11-19-41)35-36-52(32-8-6-4-2)34-16-30-50-40(54)38(48-28-14-22-44)18-10-24-46-26-12-20-42/h5-8,37-38,45-48H,3-4,9-36,41-44H2,1-2H3,(H,49,53)(H,50,54). The van der Waals surface area contributed by atoms with Crippen molar-refractivity contribution in [1.29, 1.82) is 0 Å². The second kappa shape index (κ2) is 40.7. The third-order valence-corrected chi connectivity index (χ3v) is 9.15. The maximum absolute atomic E-state index is 13.1. The summed E-state index contributed by atoms with van der Waals surface area (Å²) in [6, 6.07) is -0.420. The molecule has 0 fully saturated rings. The molecule has 0 aromatic rings. The van der Waals surface area contributed by atoms with Crippen LogP contribution in [-0.4, -0.2) is 152 Å². The maximum Gasteiger partial charge on any atom is 0.237 e. The number of amides is 2. The summed E-state index contributed by atoms with van der Waals surface area (Å²) in [5.41, 5.74) is 22.6. The summed E-state index contributed by atoms with van der Waals surface area (Å²) >= 11 is 0. The van der Waals surface area contributed by atoms with E-state index in [0.717, 1.165) is 156 Å². The SMILES string of the molecule is CCC=CCN(CCCNC(=O)C(CCCNCCCN)NCCCN)CCN(CC=CCC)CCCNC(=O)C(CCCNCCCN)NCCCN. The minimum Gasteiger partial charge on any atom is -0.355 e. The molecule has 2 amide bonds. The first kappa shape index (κ1) is 52.0. The van der Waals surface area contributed by atoms with E-state index in [4.69, 9.17) is 22.9 Å². The highest BCUT2D eigenvalue weighted by molar-refractivity contribution is 5.82. The van der Waals surface area contributed by atoms with Gasteiger partial charge in [-0.2, -0.15) is 0 Å². The van der Waals surface area contributed by atoms with Gasteiger partial charge in [-0.1, -0.05) is 38.2 Å². The van der Waals surface area contributed by atoms with Crippen LogP contribution in [0.4, 0.5) is 0 Å². The number of hydrogen-bond donors (Lipinski definition) is 10. The highest BCUT2D eigenvalue weighted by Crippen LogP contribution is 2.02. The summed E-state index contributed by atoms with van der Waals surface area (Å²) in [6.07, 6.45) is 19.8. The number of carbonyl (C=O) groups is 2. The largest absolute Gasteiger partial charge is 0.355 e. The summed E-state index contributed by atoms with van der Waals surface area (Å²) in [5.74, 6) is 0.140. The summed E-state index contributed by atoms with van der Waals surface area (Å²) in [6.45, 7) is 18.7. The third kappa shape index (κ3) is 32.3. The van der Waals surface area contributed by atoms with Crippen LogP contribution in [0.3, 0.4) is 0 Å². The van der Waals surface area contributed by atoms with Crippen molar-refractivity contribution in [1.82, 2.24) is 41.7 Å². The van der Waals surface area contributed by atoms with Gasteiger partial charge in [-0.3, -0.25) is 19.4 Å². The lowest BCUT2D eigenvalue weighted by molar-refractivity contribution is -0.124. The van der Waals surface area contributed by atoms with Crippen molar-refractivity contribution in [3.05, 3.63) is 24.3 Å². The van der Waals surface area contributed by atoms with Crippen molar-refractivity contribution in [2.24, 2.45) is 22.9 Å². The highest BCUT2D eigenvalue weighted by Gasteiger charge is 2.18. The van der Waals surface area contributed by atoms with Crippen LogP contribution in [0.25, 0.3) is 0 Å². The molecule has 2 atom stereocenters. The number of rotatable bonds is 41. The molecule has 0 saturated carbocycles. The lowest BCUT2D eigenvalue weighted by Gasteiger charge is -2.27. The van der Waals surface area contributed by atoms with E-state index < -0.39 is 0 Å². The van der Waals surface area contributed by atoms with E-state index in [9.17, 15) is 9.59 Å². The van der Waals surface area contributed by atoms with E-state index in [0.29, 0.717) is 39.3 Å². The topological polar surface area (TPSA) is 217 Å². The number of nitrogens with two attached hydrogens (primary N) is 4. The number of hydrogen-bond acceptors (Lipinski definition) is 12. The quantitative estimate of drug-likeness (QED) is 0.0306. The summed E-state index contributed by atoms with van der Waals surface area (Å²) in [7, 11) is 0. The van der Waals surface area contributed by atoms with Gasteiger partial charge in [0.15, 0.2) is 0 Å². The van der Waals surface area contributed by atoms with Crippen LogP contribution < -0.4 is 54.8 Å². The number of carbonyl (C=O) groups excluding carboxylic acids is 2. The Morgan fingerprint density at radius 2 is 0.852 bits per heavy atom. The Balaban J connectivity index is 5.02. The summed E-state index contributed by atoms with van der Waals surface area (Å²) in [5, 5.41) is 20.0. The zero-order chi connectivity index (χ0) is 39.7. The first-order chi connectivity index (χ1) is 26.5. The molecule has 54 heavy (non-hydrogen) atoms. The van der Waals surface area contributed by atoms with Gasteiger partial charge in [0.2, 0.25) is 11.8 Å². The van der Waals surface area contributed by atoms with E-state index in [2.05, 4.69) is 79.9 Å². The Morgan fingerprint density at radius 3 is 1.22 bits per heavy atom. The molecule has 0 saturated heterocycles. The van der Waals surface area contributed by atoms with Crippen LogP contribution >= 0.6 is 0 Å². The molecule has 2 unspecified atom stereocenters. The lowest BCUT2D eigenvalue weighted by atomic mass is 10.1. The van der Waals surface area contributed by atoms with Gasteiger partial charge < -0.3 is 54.8 Å². The molecule has 0 radical (unpaired) electrons. The van der Waals surface area contributed by atoms with E-state index >= 15 is 0 Å². The second-order valence-electron chi connectivity index (χ2n) is 14.0. The average molecular weight is 767 g/mol. The van der Waals surface area contributed by atoms with Crippen molar-refractivity contribution in [2.75, 3.05) is 118 Å². The lowest BCUT2D eigenvalue weighted by Crippen LogP contribution is -2.46. The fraction of sp³-hybridized carbons (Fsp3) is 0.850. The van der Waals surface area contributed by atoms with Gasteiger partial charge in [0.25, 0.3) is 0 Å². The van der Waals surface area contributed by atoms with E-state index in [-0.39, 0.29) is 23.9 Å². The van der Waals surface area contributed by atoms with Crippen LogP contribution in [-0.2, 0) is 9.59 Å². The van der Waals surface area contributed by atoms with Crippen molar-refractivity contribution in [2.45, 2.75) is 103 Å². The van der Waals surface area contributed by atoms with Crippen molar-refractivity contribution >= 4 is 11.8 Å². The number of nitrogens with one attached hydrogen (secondary N) is 6. The predicted octanol–water partition coefficient (Wildman–Crippen LogP) is 0.587. The van der Waals surface area contributed by atoms with Crippen LogP contribution in [0.2, 0.25) is 0 Å². The molecule has 318 valence electrons. The zero-order valence-corrected chi connectivity index (χ0v) is 34.7. The Labute approximate surface area is 330 Å². The highest BCUT2D eigenvalue weighted by atomic mass is 16.2. The third-order valence-electron chi connectivity index (χ3n) is 9.15. The molecule has 0 bridgehead atoms. The van der Waals surface area contributed by atoms with Gasteiger partial charge in [0.05, 0.1) is 12.1 Å². The van der Waals surface area contributed by atoms with Crippen molar-refractivity contribution in [3.63, 3.8) is 0 Å². The van der Waals surface area contributed by atoms with Gasteiger partial charge in [-0.25, -0.2) is 0 Å². The Morgan fingerprint density at radius 1 is 0.481 bits per heavy atom. The van der Waals surface area contributed by atoms with Crippen molar-refractivity contribution < 1.29 is 9.59 Å². The fourth-order valence-electron chi connectivity index (χ4n) is 5.90. The first-order valence-corrected chi connectivity index (χ1v) is 21.5. The van der Waals surface area contributed by atoms with Gasteiger partial charge in [-0.05, 0) is 142 Å². The minimum absolute atomic E-state index is 0.0698. The molecule has 0 aliphatic rings. The van der Waals surface area contributed by atoms with E-state index in [1.165, 1.54) is 0 Å². The molecular formula is C40H86N12O2. The van der Waals surface area contributed by atoms with Gasteiger partial charge >= 0.3 is 0 Å². The molecule has 14 heteroatoms. The van der Waals surface area contributed by atoms with Crippen LogP contribution in [0.15, 0.2) is 24.3 Å². The molecular weight excluding hydrogens is 681 g/mol. The first-order valence-electron chi connectivity index (χ1n) is 21.5. The summed E-state index contributed by atoms with van der Waals surface area (Å²) in [4.78, 5) is 31.2. The molecule has 14 nitrogen and oxygen atoms in total. The zero-order valence-electron chi connectivity index (χ0n) is 34.7. The van der Waals surface area contributed by atoms with Gasteiger partial charge in [0, 0.05) is 52.4 Å². The van der Waals surface area contributed by atoms with E-state index in [1.807, 2.05) is 0 Å². The Hall–Kier alpha value is -1.98. The monoisotopic (exact) mass is 767 g/mol. The molecule has 14 N–H and O–H groups in total. The molecule has 0 spiro atoms. The molecule has 0 aliphatic carbocycles. The molecule has 0 rings (SSSR count). The summed E-state index contributed by atoms with van der Waals surface area (Å²) < 4.78 is 0. The normalized spacial score (nSPS) is 13.1.